The van der Waals surface area contributed by atoms with Gasteiger partial charge in [-0.3, -0.25) is 0 Å². The fraction of sp³-hybridized carbons (Fsp3) is 0.300. The van der Waals surface area contributed by atoms with Crippen molar-refractivity contribution in [2.75, 3.05) is 7.11 Å². The molecular formula is C20H20N2O. The lowest BCUT2D eigenvalue weighted by Gasteiger charge is -2.30. The predicted octanol–water partition coefficient (Wildman–Crippen LogP) is 4.80. The lowest BCUT2D eigenvalue weighted by atomic mass is 9.74. The van der Waals surface area contributed by atoms with Crippen LogP contribution in [0.2, 0.25) is 0 Å². The van der Waals surface area contributed by atoms with Crippen molar-refractivity contribution in [2.45, 2.75) is 26.7 Å². The zero-order valence-corrected chi connectivity index (χ0v) is 13.8. The van der Waals surface area contributed by atoms with Gasteiger partial charge >= 0.3 is 0 Å². The van der Waals surface area contributed by atoms with E-state index in [-0.39, 0.29) is 11.0 Å². The molecule has 0 radical (unpaired) electrons. The Morgan fingerprint density at radius 1 is 1.13 bits per heavy atom. The van der Waals surface area contributed by atoms with E-state index in [1.165, 1.54) is 0 Å². The van der Waals surface area contributed by atoms with Gasteiger partial charge in [-0.2, -0.15) is 10.5 Å². The number of methoxy groups -OCH3 is 1. The van der Waals surface area contributed by atoms with E-state index in [2.05, 4.69) is 13.8 Å². The molecule has 0 saturated carbocycles. The third kappa shape index (κ3) is 4.11. The molecule has 0 amide bonds. The predicted molar refractivity (Wildman–Crippen MR) is 91.4 cm³/mol. The first-order chi connectivity index (χ1) is 11.0. The number of nitriles is 2. The fourth-order valence-electron chi connectivity index (χ4n) is 2.89. The number of nitrogens with zero attached hydrogens (tertiary/aromatic N) is 2. The quantitative estimate of drug-likeness (QED) is 0.754. The van der Waals surface area contributed by atoms with Crippen LogP contribution in [0.15, 0.2) is 53.1 Å². The van der Waals surface area contributed by atoms with Crippen LogP contribution in [-0.4, -0.2) is 7.11 Å². The molecule has 23 heavy (non-hydrogen) atoms. The molecule has 3 heteroatoms. The molecule has 1 aromatic rings. The van der Waals surface area contributed by atoms with Gasteiger partial charge in [0.05, 0.1) is 7.11 Å². The van der Waals surface area contributed by atoms with Crippen LogP contribution in [0.4, 0.5) is 0 Å². The van der Waals surface area contributed by atoms with E-state index in [9.17, 15) is 0 Å². The molecule has 0 saturated heterocycles. The molecule has 0 N–H and O–H groups in total. The highest BCUT2D eigenvalue weighted by molar-refractivity contribution is 5.61. The molecule has 1 aliphatic carbocycles. The summed E-state index contributed by atoms with van der Waals surface area (Å²) >= 11 is 0. The lowest BCUT2D eigenvalue weighted by molar-refractivity contribution is 0.354. The monoisotopic (exact) mass is 304 g/mol. The Hall–Kier alpha value is -2.78. The van der Waals surface area contributed by atoms with Gasteiger partial charge in [-0.1, -0.05) is 50.3 Å². The van der Waals surface area contributed by atoms with E-state index in [1.807, 2.05) is 54.6 Å². The third-order valence-corrected chi connectivity index (χ3v) is 3.87. The molecule has 0 aromatic heterocycles. The van der Waals surface area contributed by atoms with E-state index in [0.29, 0.717) is 0 Å². The summed E-state index contributed by atoms with van der Waals surface area (Å²) < 4.78 is 5.35. The Morgan fingerprint density at radius 3 is 2.48 bits per heavy atom. The number of hydrogen-bond donors (Lipinski definition) is 0. The van der Waals surface area contributed by atoms with Crippen LogP contribution in [-0.2, 0) is 0 Å². The SMILES string of the molecule is COc1ccccc1/C=C/C1=CC(=C(C#N)C#N)CC(C)(C)C1. The second kappa shape index (κ2) is 6.99. The number of rotatable bonds is 3. The summed E-state index contributed by atoms with van der Waals surface area (Å²) in [5.41, 5.74) is 3.19. The van der Waals surface area contributed by atoms with Crippen LogP contribution < -0.4 is 4.74 Å². The zero-order chi connectivity index (χ0) is 16.9. The van der Waals surface area contributed by atoms with E-state index in [0.717, 1.165) is 35.3 Å². The van der Waals surface area contributed by atoms with E-state index < -0.39 is 0 Å². The van der Waals surface area contributed by atoms with E-state index in [4.69, 9.17) is 15.3 Å². The minimum Gasteiger partial charge on any atom is -0.496 e. The minimum atomic E-state index is 0.0312. The van der Waals surface area contributed by atoms with Gasteiger partial charge < -0.3 is 4.74 Å². The maximum absolute atomic E-state index is 9.12. The summed E-state index contributed by atoms with van der Waals surface area (Å²) in [6.07, 6.45) is 7.69. The van der Waals surface area contributed by atoms with Crippen molar-refractivity contribution in [3.63, 3.8) is 0 Å². The lowest BCUT2D eigenvalue weighted by Crippen LogP contribution is -2.17. The Kier molecular flexibility index (Phi) is 5.04. The highest BCUT2D eigenvalue weighted by atomic mass is 16.5. The van der Waals surface area contributed by atoms with Crippen molar-refractivity contribution >= 4 is 6.08 Å². The number of allylic oxidation sites excluding steroid dienone is 5. The molecule has 2 rings (SSSR count). The van der Waals surface area contributed by atoms with Gasteiger partial charge in [-0.25, -0.2) is 0 Å². The molecule has 0 fully saturated rings. The van der Waals surface area contributed by atoms with Crippen LogP contribution in [0.5, 0.6) is 5.75 Å². The summed E-state index contributed by atoms with van der Waals surface area (Å²) in [4.78, 5) is 0. The Bertz CT molecular complexity index is 752. The molecule has 1 aliphatic rings. The molecule has 0 spiro atoms. The van der Waals surface area contributed by atoms with Gasteiger partial charge in [-0.15, -0.1) is 0 Å². The first kappa shape index (κ1) is 16.6. The van der Waals surface area contributed by atoms with E-state index in [1.54, 1.807) is 7.11 Å². The summed E-state index contributed by atoms with van der Waals surface area (Å²) in [5, 5.41) is 18.2. The third-order valence-electron chi connectivity index (χ3n) is 3.87. The number of benzene rings is 1. The van der Waals surface area contributed by atoms with Gasteiger partial charge in [0, 0.05) is 5.56 Å². The Morgan fingerprint density at radius 2 is 1.83 bits per heavy atom. The largest absolute Gasteiger partial charge is 0.496 e. The van der Waals surface area contributed by atoms with Gasteiger partial charge in [0.1, 0.15) is 23.5 Å². The standard InChI is InChI=1S/C20H20N2O/c1-20(2)11-15(10-17(12-20)18(13-21)14-22)8-9-16-6-4-5-7-19(16)23-3/h4-10H,11-12H2,1-3H3/b9-8+. The van der Waals surface area contributed by atoms with Crippen LogP contribution in [0.3, 0.4) is 0 Å². The van der Waals surface area contributed by atoms with Crippen molar-refractivity contribution in [1.82, 2.24) is 0 Å². The second-order valence-corrected chi connectivity index (χ2v) is 6.44. The van der Waals surface area contributed by atoms with Crippen molar-refractivity contribution < 1.29 is 4.74 Å². The Labute approximate surface area is 137 Å². The van der Waals surface area contributed by atoms with Crippen LogP contribution >= 0.6 is 0 Å². The van der Waals surface area contributed by atoms with Crippen LogP contribution in [0, 0.1) is 28.1 Å². The number of para-hydroxylation sites is 1. The summed E-state index contributed by atoms with van der Waals surface area (Å²) in [6.45, 7) is 4.31. The maximum atomic E-state index is 9.12. The number of hydrogen-bond acceptors (Lipinski definition) is 3. The van der Waals surface area contributed by atoms with Crippen molar-refractivity contribution in [3.05, 3.63) is 58.7 Å². The topological polar surface area (TPSA) is 56.8 Å². The van der Waals surface area contributed by atoms with Crippen LogP contribution in [0.25, 0.3) is 6.08 Å². The average Bonchev–Trinajstić information content (AvgIpc) is 2.53. The average molecular weight is 304 g/mol. The highest BCUT2D eigenvalue weighted by Gasteiger charge is 2.26. The van der Waals surface area contributed by atoms with E-state index >= 15 is 0 Å². The molecular weight excluding hydrogens is 284 g/mol. The number of ether oxygens (including phenoxy) is 1. The highest BCUT2D eigenvalue weighted by Crippen LogP contribution is 2.39. The molecule has 0 aliphatic heterocycles. The molecule has 3 nitrogen and oxygen atoms in total. The first-order valence-electron chi connectivity index (χ1n) is 7.54. The fourth-order valence-corrected chi connectivity index (χ4v) is 2.89. The normalized spacial score (nSPS) is 16.4. The van der Waals surface area contributed by atoms with Crippen LogP contribution in [0.1, 0.15) is 32.3 Å². The molecule has 1 aromatic carbocycles. The van der Waals surface area contributed by atoms with Gasteiger partial charge in [0.25, 0.3) is 0 Å². The summed E-state index contributed by atoms with van der Waals surface area (Å²) in [5.74, 6) is 0.824. The minimum absolute atomic E-state index is 0.0312. The summed E-state index contributed by atoms with van der Waals surface area (Å²) in [7, 11) is 1.66. The molecule has 0 bridgehead atoms. The van der Waals surface area contributed by atoms with Crippen molar-refractivity contribution in [3.8, 4) is 17.9 Å². The summed E-state index contributed by atoms with van der Waals surface area (Å²) in [6, 6.07) is 11.8. The molecule has 0 atom stereocenters. The smallest absolute Gasteiger partial charge is 0.132 e. The zero-order valence-electron chi connectivity index (χ0n) is 13.8. The van der Waals surface area contributed by atoms with Crippen molar-refractivity contribution in [1.29, 1.82) is 10.5 Å². The maximum Gasteiger partial charge on any atom is 0.132 e. The van der Waals surface area contributed by atoms with Crippen molar-refractivity contribution in [2.24, 2.45) is 5.41 Å². The first-order valence-corrected chi connectivity index (χ1v) is 7.54. The van der Waals surface area contributed by atoms with Gasteiger partial charge in [0.2, 0.25) is 0 Å². The van der Waals surface area contributed by atoms with Gasteiger partial charge in [-0.05, 0) is 35.5 Å². The second-order valence-electron chi connectivity index (χ2n) is 6.44. The van der Waals surface area contributed by atoms with Gasteiger partial charge in [0.15, 0.2) is 0 Å². The molecule has 0 unspecified atom stereocenters. The molecule has 0 heterocycles. The molecule has 116 valence electrons. The Balaban J connectivity index is 2.38.